The molecule has 2 atom stereocenters. The molecule has 0 aliphatic carbocycles. The van der Waals surface area contributed by atoms with Crippen molar-refractivity contribution in [2.75, 3.05) is 6.54 Å². The quantitative estimate of drug-likeness (QED) is 0.769. The molecule has 4 heteroatoms. The lowest BCUT2D eigenvalue weighted by molar-refractivity contribution is -0.121. The number of hydrogen-bond acceptors (Lipinski definition) is 3. The largest absolute Gasteiger partial charge is 0.467 e. The molecule has 0 radical (unpaired) electrons. The smallest absolute Gasteiger partial charge is 0.221 e. The van der Waals surface area contributed by atoms with Crippen LogP contribution in [0.25, 0.3) is 0 Å². The Bertz CT molecular complexity index is 563. The van der Waals surface area contributed by atoms with Crippen LogP contribution in [0, 0.1) is 0 Å². The molecular formula is C17H19NO3. The molecule has 0 bridgehead atoms. The summed E-state index contributed by atoms with van der Waals surface area (Å²) in [6.45, 7) is 3.91. The van der Waals surface area contributed by atoms with Crippen molar-refractivity contribution in [3.63, 3.8) is 0 Å². The molecule has 4 nitrogen and oxygen atoms in total. The molecule has 2 aromatic rings. The molecule has 1 aromatic heterocycles. The van der Waals surface area contributed by atoms with E-state index in [0.29, 0.717) is 12.2 Å². The summed E-state index contributed by atoms with van der Waals surface area (Å²) in [5.41, 5.74) is 1.05. The van der Waals surface area contributed by atoms with Crippen molar-refractivity contribution in [3.05, 3.63) is 72.7 Å². The number of allylic oxidation sites excluding steroid dienone is 1. The normalized spacial score (nSPS) is 13.4. The molecule has 2 unspecified atom stereocenters. The van der Waals surface area contributed by atoms with E-state index in [2.05, 4.69) is 11.9 Å². The first-order valence-corrected chi connectivity index (χ1v) is 6.86. The number of carbonyl (C=O) groups is 1. The average molecular weight is 285 g/mol. The number of nitrogens with one attached hydrogen (secondary N) is 1. The third-order valence-electron chi connectivity index (χ3n) is 3.28. The van der Waals surface area contributed by atoms with E-state index in [1.165, 1.54) is 6.26 Å². The van der Waals surface area contributed by atoms with Crippen molar-refractivity contribution in [2.24, 2.45) is 0 Å². The number of benzene rings is 1. The summed E-state index contributed by atoms with van der Waals surface area (Å²) in [4.78, 5) is 12.0. The monoisotopic (exact) mass is 285 g/mol. The molecule has 2 N–H and O–H groups in total. The molecule has 0 spiro atoms. The van der Waals surface area contributed by atoms with Crippen LogP contribution in [0.3, 0.4) is 0 Å². The molecule has 2 rings (SSSR count). The lowest BCUT2D eigenvalue weighted by Crippen LogP contribution is -2.29. The molecule has 0 aliphatic rings. The van der Waals surface area contributed by atoms with Crippen LogP contribution in [0.5, 0.6) is 0 Å². The molecule has 0 saturated carbocycles. The first-order valence-electron chi connectivity index (χ1n) is 6.86. The Kier molecular flexibility index (Phi) is 5.35. The molecule has 0 saturated heterocycles. The molecule has 0 aliphatic heterocycles. The number of carbonyl (C=O) groups excluding carboxylic acids is 1. The molecule has 21 heavy (non-hydrogen) atoms. The zero-order chi connectivity index (χ0) is 15.1. The van der Waals surface area contributed by atoms with E-state index in [4.69, 9.17) is 4.42 Å². The van der Waals surface area contributed by atoms with Crippen LogP contribution in [0.4, 0.5) is 0 Å². The SMILES string of the molecule is C=CC(CC(=O)NCC(O)c1ccco1)c1ccccc1. The van der Waals surface area contributed by atoms with Crippen molar-refractivity contribution >= 4 is 5.91 Å². The Morgan fingerprint density at radius 2 is 2.05 bits per heavy atom. The fourth-order valence-corrected chi connectivity index (χ4v) is 2.10. The van der Waals surface area contributed by atoms with Gasteiger partial charge in [-0.1, -0.05) is 36.4 Å². The van der Waals surface area contributed by atoms with Crippen LogP contribution in [-0.2, 0) is 4.79 Å². The zero-order valence-corrected chi connectivity index (χ0v) is 11.7. The first-order chi connectivity index (χ1) is 10.2. The highest BCUT2D eigenvalue weighted by molar-refractivity contribution is 5.77. The van der Waals surface area contributed by atoms with Crippen molar-refractivity contribution in [2.45, 2.75) is 18.4 Å². The predicted molar refractivity (Wildman–Crippen MR) is 80.7 cm³/mol. The minimum absolute atomic E-state index is 0.0352. The van der Waals surface area contributed by atoms with Crippen LogP contribution in [0.1, 0.15) is 29.8 Å². The summed E-state index contributed by atoms with van der Waals surface area (Å²) in [6, 6.07) is 13.1. The van der Waals surface area contributed by atoms with Gasteiger partial charge in [-0.15, -0.1) is 6.58 Å². The highest BCUT2D eigenvalue weighted by atomic mass is 16.4. The zero-order valence-electron chi connectivity index (χ0n) is 11.7. The second-order valence-corrected chi connectivity index (χ2v) is 4.79. The fraction of sp³-hybridized carbons (Fsp3) is 0.235. The Hall–Kier alpha value is -2.33. The van der Waals surface area contributed by atoms with Gasteiger partial charge < -0.3 is 14.8 Å². The van der Waals surface area contributed by atoms with Crippen LogP contribution < -0.4 is 5.32 Å². The van der Waals surface area contributed by atoms with Crippen molar-refractivity contribution in [1.82, 2.24) is 5.32 Å². The molecule has 1 heterocycles. The third kappa shape index (κ3) is 4.33. The number of amides is 1. The number of rotatable bonds is 7. The minimum Gasteiger partial charge on any atom is -0.467 e. The first kappa shape index (κ1) is 15.1. The van der Waals surface area contributed by atoms with Gasteiger partial charge in [0.1, 0.15) is 11.9 Å². The fourth-order valence-electron chi connectivity index (χ4n) is 2.10. The van der Waals surface area contributed by atoms with Gasteiger partial charge in [-0.25, -0.2) is 0 Å². The van der Waals surface area contributed by atoms with Gasteiger partial charge in [0.15, 0.2) is 0 Å². The Labute approximate surface area is 124 Å². The lowest BCUT2D eigenvalue weighted by atomic mass is 9.95. The summed E-state index contributed by atoms with van der Waals surface area (Å²) >= 11 is 0. The summed E-state index contributed by atoms with van der Waals surface area (Å²) in [5, 5.41) is 12.5. The number of furan rings is 1. The topological polar surface area (TPSA) is 62.5 Å². The van der Waals surface area contributed by atoms with E-state index in [9.17, 15) is 9.90 Å². The van der Waals surface area contributed by atoms with Crippen LogP contribution in [0.15, 0.2) is 65.8 Å². The highest BCUT2D eigenvalue weighted by Gasteiger charge is 2.15. The minimum atomic E-state index is -0.831. The van der Waals surface area contributed by atoms with Gasteiger partial charge in [0.05, 0.1) is 12.8 Å². The van der Waals surface area contributed by atoms with Gasteiger partial charge in [-0.05, 0) is 17.7 Å². The van der Waals surface area contributed by atoms with Crippen LogP contribution in [-0.4, -0.2) is 17.6 Å². The van der Waals surface area contributed by atoms with E-state index in [0.717, 1.165) is 5.56 Å². The Morgan fingerprint density at radius 3 is 2.67 bits per heavy atom. The highest BCUT2D eigenvalue weighted by Crippen LogP contribution is 2.20. The Morgan fingerprint density at radius 1 is 1.29 bits per heavy atom. The van der Waals surface area contributed by atoms with Gasteiger partial charge >= 0.3 is 0 Å². The number of aliphatic hydroxyl groups is 1. The molecule has 1 amide bonds. The standard InChI is InChI=1S/C17H19NO3/c1-2-13(14-7-4-3-5-8-14)11-17(20)18-12-15(19)16-9-6-10-21-16/h2-10,13,15,19H,1,11-12H2,(H,18,20). The van der Waals surface area contributed by atoms with E-state index in [1.807, 2.05) is 30.3 Å². The average Bonchev–Trinajstić information content (AvgIpc) is 3.05. The lowest BCUT2D eigenvalue weighted by Gasteiger charge is -2.14. The van der Waals surface area contributed by atoms with Crippen molar-refractivity contribution in [3.8, 4) is 0 Å². The van der Waals surface area contributed by atoms with E-state index in [-0.39, 0.29) is 18.4 Å². The third-order valence-corrected chi connectivity index (χ3v) is 3.28. The maximum atomic E-state index is 12.0. The molecular weight excluding hydrogens is 266 g/mol. The molecule has 0 fully saturated rings. The number of aliphatic hydroxyl groups excluding tert-OH is 1. The van der Waals surface area contributed by atoms with E-state index in [1.54, 1.807) is 18.2 Å². The molecule has 1 aromatic carbocycles. The van der Waals surface area contributed by atoms with Gasteiger partial charge in [0.2, 0.25) is 5.91 Å². The maximum Gasteiger partial charge on any atom is 0.221 e. The summed E-state index contributed by atoms with van der Waals surface area (Å²) in [6.07, 6.45) is 2.72. The van der Waals surface area contributed by atoms with Crippen LogP contribution >= 0.6 is 0 Å². The van der Waals surface area contributed by atoms with Crippen LogP contribution in [0.2, 0.25) is 0 Å². The van der Waals surface area contributed by atoms with E-state index < -0.39 is 6.10 Å². The Balaban J connectivity index is 1.85. The van der Waals surface area contributed by atoms with Gasteiger partial charge in [0.25, 0.3) is 0 Å². The van der Waals surface area contributed by atoms with Gasteiger partial charge in [-0.2, -0.15) is 0 Å². The molecule has 110 valence electrons. The summed E-state index contributed by atoms with van der Waals surface area (Å²) in [5.74, 6) is 0.278. The van der Waals surface area contributed by atoms with Gasteiger partial charge in [0, 0.05) is 12.3 Å². The van der Waals surface area contributed by atoms with Gasteiger partial charge in [-0.3, -0.25) is 4.79 Å². The number of hydrogen-bond donors (Lipinski definition) is 2. The summed E-state index contributed by atoms with van der Waals surface area (Å²) in [7, 11) is 0. The maximum absolute atomic E-state index is 12.0. The summed E-state index contributed by atoms with van der Waals surface area (Å²) < 4.78 is 5.08. The predicted octanol–water partition coefficient (Wildman–Crippen LogP) is 2.79. The van der Waals surface area contributed by atoms with Crippen molar-refractivity contribution < 1.29 is 14.3 Å². The second kappa shape index (κ2) is 7.45. The van der Waals surface area contributed by atoms with Crippen molar-refractivity contribution in [1.29, 1.82) is 0 Å². The van der Waals surface area contributed by atoms with E-state index >= 15 is 0 Å². The second-order valence-electron chi connectivity index (χ2n) is 4.79.